The number of hydrogen-bond donors (Lipinski definition) is 0. The summed E-state index contributed by atoms with van der Waals surface area (Å²) in [7, 11) is 0. The molecule has 3 heterocycles. The average Bonchev–Trinajstić information content (AvgIpc) is 3.25. The highest BCUT2D eigenvalue weighted by Crippen LogP contribution is 2.27. The molecule has 0 unspecified atom stereocenters. The maximum Gasteiger partial charge on any atom is 0.123 e. The van der Waals surface area contributed by atoms with Crippen molar-refractivity contribution in [3.05, 3.63) is 81.8 Å². The highest BCUT2D eigenvalue weighted by atomic mass is 32.1. The van der Waals surface area contributed by atoms with Crippen LogP contribution in [0.5, 0.6) is 5.75 Å². The quantitative estimate of drug-likeness (QED) is 0.522. The van der Waals surface area contributed by atoms with Gasteiger partial charge in [0.1, 0.15) is 17.4 Å². The third-order valence-corrected chi connectivity index (χ3v) is 7.06. The third kappa shape index (κ3) is 5.75. The van der Waals surface area contributed by atoms with Crippen LogP contribution in [-0.4, -0.2) is 47.1 Å². The van der Waals surface area contributed by atoms with Crippen molar-refractivity contribution in [3.8, 4) is 5.75 Å². The van der Waals surface area contributed by atoms with Crippen molar-refractivity contribution in [1.82, 2.24) is 14.8 Å². The van der Waals surface area contributed by atoms with Gasteiger partial charge in [-0.1, -0.05) is 36.4 Å². The first-order valence-corrected chi connectivity index (χ1v) is 12.4. The number of thiazole rings is 1. The fourth-order valence-corrected chi connectivity index (χ4v) is 5.20. The van der Waals surface area contributed by atoms with Crippen LogP contribution < -0.4 is 4.74 Å². The van der Waals surface area contributed by atoms with Gasteiger partial charge in [-0.05, 0) is 36.1 Å². The topological polar surface area (TPSA) is 37.8 Å². The van der Waals surface area contributed by atoms with E-state index >= 15 is 0 Å². The molecule has 2 aromatic carbocycles. The van der Waals surface area contributed by atoms with Crippen LogP contribution in [0.25, 0.3) is 0 Å². The minimum Gasteiger partial charge on any atom is -0.492 e. The van der Waals surface area contributed by atoms with Gasteiger partial charge in [-0.2, -0.15) is 0 Å². The zero-order chi connectivity index (χ0) is 21.6. The van der Waals surface area contributed by atoms with E-state index in [-0.39, 0.29) is 0 Å². The van der Waals surface area contributed by atoms with Crippen molar-refractivity contribution >= 4 is 11.3 Å². The second-order valence-electron chi connectivity index (χ2n) is 8.70. The molecule has 5 nitrogen and oxygen atoms in total. The van der Waals surface area contributed by atoms with Gasteiger partial charge in [-0.25, -0.2) is 4.98 Å². The Bertz CT molecular complexity index is 972. The maximum atomic E-state index is 6.16. The Morgan fingerprint density at radius 3 is 2.66 bits per heavy atom. The Balaban J connectivity index is 1.13. The van der Waals surface area contributed by atoms with Gasteiger partial charge < -0.3 is 9.47 Å². The van der Waals surface area contributed by atoms with Crippen LogP contribution in [0.4, 0.5) is 0 Å². The number of hydrogen-bond acceptors (Lipinski definition) is 6. The lowest BCUT2D eigenvalue weighted by Gasteiger charge is -2.32. The number of rotatable bonds is 7. The number of piperidine rings is 1. The summed E-state index contributed by atoms with van der Waals surface area (Å²) in [6.45, 7) is 7.35. The van der Waals surface area contributed by atoms with E-state index in [2.05, 4.69) is 63.3 Å². The normalized spacial score (nSPS) is 18.1. The largest absolute Gasteiger partial charge is 0.492 e. The molecule has 1 aromatic heterocycles. The number of likely N-dealkylation sites (tertiary alicyclic amines) is 1. The Hall–Kier alpha value is -2.25. The molecule has 0 bridgehead atoms. The number of ether oxygens (including phenoxy) is 2. The van der Waals surface area contributed by atoms with E-state index in [9.17, 15) is 0 Å². The first-order chi connectivity index (χ1) is 15.8. The predicted octanol–water partition coefficient (Wildman–Crippen LogP) is 4.72. The third-order valence-electron chi connectivity index (χ3n) is 6.30. The van der Waals surface area contributed by atoms with E-state index in [0.29, 0.717) is 12.7 Å². The number of nitrogens with zero attached hydrogens (tertiary/aromatic N) is 3. The van der Waals surface area contributed by atoms with Crippen LogP contribution in [0.3, 0.4) is 0 Å². The number of aromatic nitrogens is 1. The summed E-state index contributed by atoms with van der Waals surface area (Å²) in [5.74, 6) is 1.03. The molecule has 32 heavy (non-hydrogen) atoms. The average molecular weight is 450 g/mol. The van der Waals surface area contributed by atoms with Crippen molar-refractivity contribution in [2.75, 3.05) is 26.2 Å². The van der Waals surface area contributed by atoms with Gasteiger partial charge in [-0.15, -0.1) is 11.3 Å². The molecule has 5 rings (SSSR count). The van der Waals surface area contributed by atoms with E-state index in [1.54, 1.807) is 11.3 Å². The molecule has 6 heteroatoms. The second-order valence-corrected chi connectivity index (χ2v) is 9.68. The molecule has 1 saturated heterocycles. The zero-order valence-corrected chi connectivity index (χ0v) is 19.3. The van der Waals surface area contributed by atoms with Gasteiger partial charge in [0, 0.05) is 49.9 Å². The van der Waals surface area contributed by atoms with Gasteiger partial charge in [0.2, 0.25) is 0 Å². The summed E-state index contributed by atoms with van der Waals surface area (Å²) in [5, 5.41) is 3.22. The molecule has 0 aliphatic carbocycles. The summed E-state index contributed by atoms with van der Waals surface area (Å²) < 4.78 is 12.2. The van der Waals surface area contributed by atoms with Crippen LogP contribution in [0, 0.1) is 0 Å². The van der Waals surface area contributed by atoms with Crippen LogP contribution in [-0.2, 0) is 31.0 Å². The summed E-state index contributed by atoms with van der Waals surface area (Å²) in [4.78, 5) is 9.43. The van der Waals surface area contributed by atoms with E-state index in [0.717, 1.165) is 64.5 Å². The smallest absolute Gasteiger partial charge is 0.123 e. The van der Waals surface area contributed by atoms with Gasteiger partial charge in [-0.3, -0.25) is 9.80 Å². The SMILES string of the molecule is c1ccc(COC2CCN(Cc3ccc4c(c3)CN(Cc3nccs3)CCO4)CC2)cc1. The fraction of sp³-hybridized carbons (Fsp3) is 0.423. The Kier molecular flexibility index (Phi) is 7.14. The van der Waals surface area contributed by atoms with Gasteiger partial charge in [0.15, 0.2) is 0 Å². The monoisotopic (exact) mass is 449 g/mol. The molecule has 0 spiro atoms. The first kappa shape index (κ1) is 21.6. The van der Waals surface area contributed by atoms with Gasteiger partial charge in [0.05, 0.1) is 19.3 Å². The number of benzene rings is 2. The van der Waals surface area contributed by atoms with Crippen LogP contribution in [0.2, 0.25) is 0 Å². The van der Waals surface area contributed by atoms with Crippen molar-refractivity contribution in [2.24, 2.45) is 0 Å². The maximum absolute atomic E-state index is 6.16. The lowest BCUT2D eigenvalue weighted by atomic mass is 10.0. The molecule has 2 aliphatic heterocycles. The molecule has 0 saturated carbocycles. The van der Waals surface area contributed by atoms with Crippen molar-refractivity contribution < 1.29 is 9.47 Å². The van der Waals surface area contributed by atoms with Crippen LogP contribution >= 0.6 is 11.3 Å². The minimum absolute atomic E-state index is 0.367. The van der Waals surface area contributed by atoms with E-state index in [1.807, 2.05) is 11.6 Å². The molecule has 0 atom stereocenters. The lowest BCUT2D eigenvalue weighted by molar-refractivity contribution is -0.00394. The highest BCUT2D eigenvalue weighted by molar-refractivity contribution is 7.09. The zero-order valence-electron chi connectivity index (χ0n) is 18.5. The molecule has 3 aromatic rings. The summed E-state index contributed by atoms with van der Waals surface area (Å²) >= 11 is 1.72. The number of fused-ring (bicyclic) bond motifs is 1. The van der Waals surface area contributed by atoms with E-state index < -0.39 is 0 Å². The van der Waals surface area contributed by atoms with Crippen molar-refractivity contribution in [3.63, 3.8) is 0 Å². The molecule has 0 radical (unpaired) electrons. The Labute approximate surface area is 194 Å². The Morgan fingerprint density at radius 1 is 0.969 bits per heavy atom. The van der Waals surface area contributed by atoms with Crippen molar-refractivity contribution in [1.29, 1.82) is 0 Å². The highest BCUT2D eigenvalue weighted by Gasteiger charge is 2.21. The molecule has 168 valence electrons. The second kappa shape index (κ2) is 10.6. The molecule has 2 aliphatic rings. The molecular weight excluding hydrogens is 418 g/mol. The van der Waals surface area contributed by atoms with Crippen molar-refractivity contribution in [2.45, 2.75) is 45.2 Å². The molecule has 0 N–H and O–H groups in total. The standard InChI is InChI=1S/C26H31N3O2S/c1-2-4-21(5-3-1)20-31-24-8-11-28(12-9-24)17-22-6-7-25-23(16-22)18-29(13-14-30-25)19-26-27-10-15-32-26/h1-7,10,15-16,24H,8-9,11-14,17-20H2. The lowest BCUT2D eigenvalue weighted by Crippen LogP contribution is -2.36. The van der Waals surface area contributed by atoms with E-state index in [4.69, 9.17) is 9.47 Å². The summed E-state index contributed by atoms with van der Waals surface area (Å²) in [6, 6.07) is 17.2. The van der Waals surface area contributed by atoms with Crippen LogP contribution in [0.1, 0.15) is 34.5 Å². The minimum atomic E-state index is 0.367. The van der Waals surface area contributed by atoms with E-state index in [1.165, 1.54) is 21.7 Å². The molecular formula is C26H31N3O2S. The van der Waals surface area contributed by atoms with Gasteiger partial charge >= 0.3 is 0 Å². The first-order valence-electron chi connectivity index (χ1n) is 11.5. The Morgan fingerprint density at radius 2 is 1.84 bits per heavy atom. The molecule has 1 fully saturated rings. The summed E-state index contributed by atoms with van der Waals surface area (Å²) in [5.41, 5.74) is 3.91. The molecule has 0 amide bonds. The predicted molar refractivity (Wildman–Crippen MR) is 128 cm³/mol. The fourth-order valence-electron chi connectivity index (χ4n) is 4.54. The van der Waals surface area contributed by atoms with Gasteiger partial charge in [0.25, 0.3) is 0 Å². The van der Waals surface area contributed by atoms with Crippen LogP contribution in [0.15, 0.2) is 60.1 Å². The summed E-state index contributed by atoms with van der Waals surface area (Å²) in [6.07, 6.45) is 4.45.